The third-order valence-electron chi connectivity index (χ3n) is 5.27. The van der Waals surface area contributed by atoms with E-state index in [1.807, 2.05) is 62.4 Å². The molecule has 36 heavy (non-hydrogen) atoms. The molecule has 0 aliphatic rings. The molecule has 0 aliphatic heterocycles. The number of hydrogen-bond acceptors (Lipinski definition) is 4. The van der Waals surface area contributed by atoms with Crippen molar-refractivity contribution in [3.8, 4) is 16.9 Å². The largest absolute Gasteiger partial charge is 0.485 e. The molecule has 7 heteroatoms. The van der Waals surface area contributed by atoms with E-state index in [0.29, 0.717) is 16.2 Å². The molecule has 0 radical (unpaired) electrons. The van der Waals surface area contributed by atoms with Gasteiger partial charge in [0.15, 0.2) is 0 Å². The summed E-state index contributed by atoms with van der Waals surface area (Å²) in [7, 11) is 0. The second-order valence-corrected chi connectivity index (χ2v) is 10.2. The summed E-state index contributed by atoms with van der Waals surface area (Å²) in [6, 6.07) is 16.9. The molecule has 2 aromatic carbocycles. The first-order valence-corrected chi connectivity index (χ1v) is 12.9. The predicted molar refractivity (Wildman–Crippen MR) is 145 cm³/mol. The zero-order chi connectivity index (χ0) is 26.9. The molecule has 3 rings (SSSR count). The predicted octanol–water partition coefficient (Wildman–Crippen LogP) is 7.69. The molecule has 0 bridgehead atoms. The summed E-state index contributed by atoms with van der Waals surface area (Å²) in [5.41, 5.74) is 2.37. The number of carboxylic acids is 1. The third kappa shape index (κ3) is 8.48. The van der Waals surface area contributed by atoms with Gasteiger partial charge in [0.25, 0.3) is 5.91 Å². The molecular formula is C29H36FNO4S. The number of carbonyl (C=O) groups is 2. The summed E-state index contributed by atoms with van der Waals surface area (Å²) >= 11 is 1.32. The molecule has 3 aromatic rings. The highest BCUT2D eigenvalue weighted by Gasteiger charge is 2.19. The Bertz CT molecular complexity index is 1150. The van der Waals surface area contributed by atoms with Crippen molar-refractivity contribution in [1.82, 2.24) is 5.32 Å². The molecule has 0 aliphatic carbocycles. The van der Waals surface area contributed by atoms with Crippen molar-refractivity contribution in [2.24, 2.45) is 0 Å². The van der Waals surface area contributed by atoms with Crippen molar-refractivity contribution in [3.63, 3.8) is 0 Å². The average molecular weight is 514 g/mol. The van der Waals surface area contributed by atoms with Crippen LogP contribution in [0.15, 0.2) is 54.6 Å². The first kappa shape index (κ1) is 29.0. The lowest BCUT2D eigenvalue weighted by Gasteiger charge is -2.17. The fraction of sp³-hybridized carbons (Fsp3) is 0.379. The average Bonchev–Trinajstić information content (AvgIpc) is 3.30. The number of ether oxygens (including phenoxy) is 1. The lowest BCUT2D eigenvalue weighted by atomic mass is 9.95. The Morgan fingerprint density at radius 1 is 1.08 bits per heavy atom. The molecule has 5 nitrogen and oxygen atoms in total. The minimum absolute atomic E-state index is 0.0906. The smallest absolute Gasteiger partial charge is 0.305 e. The summed E-state index contributed by atoms with van der Waals surface area (Å²) in [5.74, 6) is -0.528. The van der Waals surface area contributed by atoms with E-state index in [-0.39, 0.29) is 25.0 Å². The van der Waals surface area contributed by atoms with Gasteiger partial charge in [0.2, 0.25) is 0 Å². The van der Waals surface area contributed by atoms with E-state index < -0.39 is 11.6 Å². The van der Waals surface area contributed by atoms with E-state index in [4.69, 9.17) is 9.84 Å². The molecule has 1 aromatic heterocycles. The molecule has 1 atom stereocenters. The van der Waals surface area contributed by atoms with E-state index in [2.05, 4.69) is 19.2 Å². The van der Waals surface area contributed by atoms with E-state index in [9.17, 15) is 14.0 Å². The van der Waals surface area contributed by atoms with Gasteiger partial charge in [-0.2, -0.15) is 0 Å². The molecule has 0 fully saturated rings. The van der Waals surface area contributed by atoms with Crippen LogP contribution in [0.5, 0.6) is 5.75 Å². The number of amides is 1. The van der Waals surface area contributed by atoms with Crippen LogP contribution in [0.25, 0.3) is 11.1 Å². The second-order valence-electron chi connectivity index (χ2n) is 9.10. The topological polar surface area (TPSA) is 75.6 Å². The van der Waals surface area contributed by atoms with Crippen LogP contribution in [-0.4, -0.2) is 23.5 Å². The highest BCUT2D eigenvalue weighted by Crippen LogP contribution is 2.33. The van der Waals surface area contributed by atoms with Crippen molar-refractivity contribution < 1.29 is 23.8 Å². The maximum Gasteiger partial charge on any atom is 0.305 e. The first-order chi connectivity index (χ1) is 17.0. The zero-order valence-electron chi connectivity index (χ0n) is 21.9. The Balaban J connectivity index is 0.00000145. The van der Waals surface area contributed by atoms with Crippen LogP contribution in [0.1, 0.15) is 79.2 Å². The van der Waals surface area contributed by atoms with Crippen LogP contribution in [0.4, 0.5) is 4.39 Å². The van der Waals surface area contributed by atoms with Crippen LogP contribution in [0.3, 0.4) is 0 Å². The molecule has 0 saturated carbocycles. The van der Waals surface area contributed by atoms with Gasteiger partial charge in [-0.05, 0) is 74.2 Å². The van der Waals surface area contributed by atoms with Gasteiger partial charge in [-0.3, -0.25) is 9.59 Å². The molecule has 1 heterocycles. The van der Waals surface area contributed by atoms with E-state index in [1.165, 1.54) is 17.8 Å². The molecular weight excluding hydrogens is 477 g/mol. The van der Waals surface area contributed by atoms with Crippen molar-refractivity contribution in [3.05, 3.63) is 75.5 Å². The highest BCUT2D eigenvalue weighted by atomic mass is 32.1. The number of benzene rings is 2. The summed E-state index contributed by atoms with van der Waals surface area (Å²) in [6.45, 7) is 11.3. The number of carbonyl (C=O) groups excluding carboxylic acids is 1. The van der Waals surface area contributed by atoms with Crippen molar-refractivity contribution in [2.45, 2.75) is 66.2 Å². The van der Waals surface area contributed by atoms with Crippen molar-refractivity contribution in [2.75, 3.05) is 6.54 Å². The van der Waals surface area contributed by atoms with Gasteiger partial charge in [0.1, 0.15) is 17.5 Å². The number of halogens is 1. The Morgan fingerprint density at radius 2 is 1.72 bits per heavy atom. The van der Waals surface area contributed by atoms with Gasteiger partial charge in [-0.1, -0.05) is 50.6 Å². The SMILES string of the molecule is CCC.Cc1cc(OC(C)c2ccc(C(=O)NCCC(=O)O)s2)ccc1-c1ccc(C(C)(C)F)cc1. The van der Waals surface area contributed by atoms with Gasteiger partial charge in [0.05, 0.1) is 11.3 Å². The van der Waals surface area contributed by atoms with Crippen molar-refractivity contribution >= 4 is 23.2 Å². The Hall–Kier alpha value is -3.19. The van der Waals surface area contributed by atoms with E-state index in [1.54, 1.807) is 19.9 Å². The summed E-state index contributed by atoms with van der Waals surface area (Å²) in [4.78, 5) is 24.1. The maximum absolute atomic E-state index is 14.1. The molecule has 0 saturated heterocycles. The molecule has 194 valence electrons. The fourth-order valence-electron chi connectivity index (χ4n) is 3.41. The van der Waals surface area contributed by atoms with Gasteiger partial charge >= 0.3 is 5.97 Å². The molecule has 1 amide bonds. The number of aryl methyl sites for hydroxylation is 1. The summed E-state index contributed by atoms with van der Waals surface area (Å²) < 4.78 is 20.2. The quantitative estimate of drug-likeness (QED) is 0.308. The number of aliphatic carboxylic acids is 1. The lowest BCUT2D eigenvalue weighted by molar-refractivity contribution is -0.136. The van der Waals surface area contributed by atoms with Gasteiger partial charge in [0, 0.05) is 11.4 Å². The molecule has 2 N–H and O–H groups in total. The van der Waals surface area contributed by atoms with Crippen LogP contribution < -0.4 is 10.1 Å². The molecule has 1 unspecified atom stereocenters. The minimum atomic E-state index is -1.37. The number of rotatable bonds is 9. The Kier molecular flexibility index (Phi) is 10.7. The number of alkyl halides is 1. The standard InChI is InChI=1S/C26H28FNO4S.C3H8/c1-16-15-20(9-10-21(16)18-5-7-19(8-6-18)26(3,4)27)32-17(2)22-11-12-23(33-22)25(31)28-14-13-24(29)30;1-3-2/h5-12,15,17H,13-14H2,1-4H3,(H,28,31)(H,29,30);3H2,1-2H3. The van der Waals surface area contributed by atoms with Crippen molar-refractivity contribution in [1.29, 1.82) is 0 Å². The number of carboxylic acid groups (broad SMARTS) is 1. The molecule has 0 spiro atoms. The number of hydrogen-bond donors (Lipinski definition) is 2. The Labute approximate surface area is 217 Å². The third-order valence-corrected chi connectivity index (χ3v) is 6.51. The van der Waals surface area contributed by atoms with Crippen LogP contribution in [0.2, 0.25) is 0 Å². The normalized spacial score (nSPS) is 11.8. The second kappa shape index (κ2) is 13.2. The number of thiophene rings is 1. The van der Waals surface area contributed by atoms with Gasteiger partial charge < -0.3 is 15.2 Å². The monoisotopic (exact) mass is 513 g/mol. The minimum Gasteiger partial charge on any atom is -0.485 e. The van der Waals surface area contributed by atoms with Gasteiger partial charge in [-0.25, -0.2) is 4.39 Å². The zero-order valence-corrected chi connectivity index (χ0v) is 22.7. The summed E-state index contributed by atoms with van der Waals surface area (Å²) in [6.07, 6.45) is 0.878. The van der Waals surface area contributed by atoms with E-state index in [0.717, 1.165) is 21.6 Å². The summed E-state index contributed by atoms with van der Waals surface area (Å²) in [5, 5.41) is 11.3. The Morgan fingerprint density at radius 3 is 2.28 bits per heavy atom. The number of nitrogens with one attached hydrogen (secondary N) is 1. The van der Waals surface area contributed by atoms with Crippen LogP contribution in [-0.2, 0) is 10.5 Å². The fourth-order valence-corrected chi connectivity index (χ4v) is 4.31. The van der Waals surface area contributed by atoms with E-state index >= 15 is 0 Å². The van der Waals surface area contributed by atoms with Gasteiger partial charge in [-0.15, -0.1) is 11.3 Å². The van der Waals surface area contributed by atoms with Crippen LogP contribution in [0, 0.1) is 6.92 Å². The lowest BCUT2D eigenvalue weighted by Crippen LogP contribution is -2.25. The maximum atomic E-state index is 14.1. The highest BCUT2D eigenvalue weighted by molar-refractivity contribution is 7.14. The van der Waals surface area contributed by atoms with Crippen LogP contribution >= 0.6 is 11.3 Å². The first-order valence-electron chi connectivity index (χ1n) is 12.1.